The summed E-state index contributed by atoms with van der Waals surface area (Å²) in [5.41, 5.74) is 2.05. The van der Waals surface area contributed by atoms with E-state index in [-0.39, 0.29) is 5.56 Å². The highest BCUT2D eigenvalue weighted by molar-refractivity contribution is 7.71. The molecule has 0 unspecified atom stereocenters. The van der Waals surface area contributed by atoms with Crippen LogP contribution in [0.25, 0.3) is 0 Å². The third-order valence-electron chi connectivity index (χ3n) is 3.58. The quantitative estimate of drug-likeness (QED) is 0.837. The lowest BCUT2D eigenvalue weighted by molar-refractivity contribution is 0.240. The van der Waals surface area contributed by atoms with Gasteiger partial charge in [0, 0.05) is 30.9 Å². The van der Waals surface area contributed by atoms with E-state index < -0.39 is 11.6 Å². The van der Waals surface area contributed by atoms with Crippen LogP contribution in [0, 0.1) is 16.4 Å². The van der Waals surface area contributed by atoms with Gasteiger partial charge in [-0.1, -0.05) is 6.07 Å². The molecule has 0 saturated heterocycles. The van der Waals surface area contributed by atoms with E-state index in [1.54, 1.807) is 6.07 Å². The fourth-order valence-electron chi connectivity index (χ4n) is 2.56. The molecule has 7 heteroatoms. The molecule has 1 aromatic heterocycles. The van der Waals surface area contributed by atoms with Crippen LogP contribution in [-0.4, -0.2) is 21.4 Å². The number of rotatable bonds is 2. The van der Waals surface area contributed by atoms with Crippen molar-refractivity contribution in [2.75, 3.05) is 6.54 Å². The molecule has 0 saturated carbocycles. The maximum Gasteiger partial charge on any atom is 0.255 e. The molecule has 1 aromatic carbocycles. The molecule has 21 heavy (non-hydrogen) atoms. The predicted octanol–water partition coefficient (Wildman–Crippen LogP) is 2.27. The third-order valence-corrected chi connectivity index (χ3v) is 3.78. The van der Waals surface area contributed by atoms with Crippen molar-refractivity contribution in [3.63, 3.8) is 0 Å². The number of aromatic amines is 2. The average molecular weight is 309 g/mol. The Morgan fingerprint density at radius 1 is 1.24 bits per heavy atom. The molecule has 1 aliphatic rings. The number of halogens is 2. The van der Waals surface area contributed by atoms with Gasteiger partial charge in [0.15, 0.2) is 16.4 Å². The first-order valence-electron chi connectivity index (χ1n) is 6.53. The van der Waals surface area contributed by atoms with E-state index in [2.05, 4.69) is 14.9 Å². The molecule has 0 bridgehead atoms. The van der Waals surface area contributed by atoms with Gasteiger partial charge in [-0.15, -0.1) is 0 Å². The van der Waals surface area contributed by atoms with Crippen molar-refractivity contribution in [2.24, 2.45) is 0 Å². The Balaban J connectivity index is 1.81. The normalized spacial score (nSPS) is 15.0. The molecule has 0 atom stereocenters. The van der Waals surface area contributed by atoms with E-state index >= 15 is 0 Å². The van der Waals surface area contributed by atoms with E-state index in [9.17, 15) is 13.6 Å². The first kappa shape index (κ1) is 14.1. The maximum atomic E-state index is 13.2. The van der Waals surface area contributed by atoms with E-state index in [0.29, 0.717) is 42.0 Å². The molecule has 0 aliphatic carbocycles. The van der Waals surface area contributed by atoms with Gasteiger partial charge in [0.1, 0.15) is 0 Å². The molecule has 0 radical (unpaired) electrons. The second kappa shape index (κ2) is 5.50. The Kier molecular flexibility index (Phi) is 3.69. The molecule has 3 rings (SSSR count). The van der Waals surface area contributed by atoms with Crippen LogP contribution in [-0.2, 0) is 19.5 Å². The Bertz CT molecular complexity index is 800. The number of benzene rings is 1. The zero-order valence-electron chi connectivity index (χ0n) is 11.1. The number of nitrogens with zero attached hydrogens (tertiary/aromatic N) is 1. The Morgan fingerprint density at radius 2 is 2.05 bits per heavy atom. The number of nitrogens with one attached hydrogen (secondary N) is 2. The minimum Gasteiger partial charge on any atom is -0.334 e. The van der Waals surface area contributed by atoms with Crippen molar-refractivity contribution in [2.45, 2.75) is 19.5 Å². The lowest BCUT2D eigenvalue weighted by atomic mass is 10.1. The van der Waals surface area contributed by atoms with Crippen LogP contribution in [0.4, 0.5) is 8.78 Å². The van der Waals surface area contributed by atoms with Gasteiger partial charge >= 0.3 is 0 Å². The highest BCUT2D eigenvalue weighted by Crippen LogP contribution is 2.17. The summed E-state index contributed by atoms with van der Waals surface area (Å²) < 4.78 is 26.4. The largest absolute Gasteiger partial charge is 0.334 e. The van der Waals surface area contributed by atoms with Crippen LogP contribution in [0.2, 0.25) is 0 Å². The second-order valence-corrected chi connectivity index (χ2v) is 5.48. The SMILES string of the molecule is O=c1[nH]c(=S)[nH]c2c1CCN(Cc1ccc(F)c(F)c1)C2. The average Bonchev–Trinajstić information content (AvgIpc) is 2.42. The van der Waals surface area contributed by atoms with Crippen molar-refractivity contribution < 1.29 is 8.78 Å². The summed E-state index contributed by atoms with van der Waals surface area (Å²) in [6.07, 6.45) is 0.598. The molecule has 2 heterocycles. The lowest BCUT2D eigenvalue weighted by Crippen LogP contribution is -2.34. The van der Waals surface area contributed by atoms with Gasteiger partial charge in [-0.05, 0) is 36.3 Å². The molecule has 2 N–H and O–H groups in total. The number of hydrogen-bond donors (Lipinski definition) is 2. The first-order valence-corrected chi connectivity index (χ1v) is 6.94. The van der Waals surface area contributed by atoms with Crippen LogP contribution in [0.15, 0.2) is 23.0 Å². The summed E-state index contributed by atoms with van der Waals surface area (Å²) in [6.45, 7) is 1.70. The van der Waals surface area contributed by atoms with Crippen molar-refractivity contribution in [3.8, 4) is 0 Å². The van der Waals surface area contributed by atoms with E-state index in [4.69, 9.17) is 12.2 Å². The van der Waals surface area contributed by atoms with E-state index in [0.717, 1.165) is 11.8 Å². The fourth-order valence-corrected chi connectivity index (χ4v) is 2.78. The van der Waals surface area contributed by atoms with Gasteiger partial charge in [-0.25, -0.2) is 8.78 Å². The number of aromatic nitrogens is 2. The molecular formula is C14H13F2N3OS. The van der Waals surface area contributed by atoms with Gasteiger partial charge in [-0.3, -0.25) is 14.7 Å². The summed E-state index contributed by atoms with van der Waals surface area (Å²) in [7, 11) is 0. The smallest absolute Gasteiger partial charge is 0.255 e. The van der Waals surface area contributed by atoms with Crippen LogP contribution >= 0.6 is 12.2 Å². The van der Waals surface area contributed by atoms with Gasteiger partial charge in [0.25, 0.3) is 5.56 Å². The minimum absolute atomic E-state index is 0.152. The monoisotopic (exact) mass is 309 g/mol. The highest BCUT2D eigenvalue weighted by atomic mass is 32.1. The Labute approximate surface area is 124 Å². The summed E-state index contributed by atoms with van der Waals surface area (Å²) in [5.74, 6) is -1.70. The summed E-state index contributed by atoms with van der Waals surface area (Å²) >= 11 is 4.96. The standard InChI is InChI=1S/C14H13F2N3OS/c15-10-2-1-8(5-11(10)16)6-19-4-3-9-12(7-19)17-14(21)18-13(9)20/h1-2,5H,3-4,6-7H2,(H2,17,18,20,21). The predicted molar refractivity (Wildman–Crippen MR) is 76.4 cm³/mol. The van der Waals surface area contributed by atoms with Crippen LogP contribution in [0.3, 0.4) is 0 Å². The van der Waals surface area contributed by atoms with Crippen LogP contribution in [0.1, 0.15) is 16.8 Å². The Hall–Kier alpha value is -1.86. The minimum atomic E-state index is -0.849. The summed E-state index contributed by atoms with van der Waals surface area (Å²) in [4.78, 5) is 19.4. The molecule has 4 nitrogen and oxygen atoms in total. The summed E-state index contributed by atoms with van der Waals surface area (Å²) in [6, 6.07) is 3.89. The van der Waals surface area contributed by atoms with Crippen molar-refractivity contribution >= 4 is 12.2 Å². The molecular weight excluding hydrogens is 296 g/mol. The van der Waals surface area contributed by atoms with Gasteiger partial charge in [0.2, 0.25) is 0 Å². The zero-order chi connectivity index (χ0) is 15.0. The number of fused-ring (bicyclic) bond motifs is 1. The molecule has 0 spiro atoms. The van der Waals surface area contributed by atoms with Gasteiger partial charge in [-0.2, -0.15) is 0 Å². The summed E-state index contributed by atoms with van der Waals surface area (Å²) in [5, 5.41) is 0. The zero-order valence-corrected chi connectivity index (χ0v) is 11.9. The van der Waals surface area contributed by atoms with E-state index in [1.165, 1.54) is 6.07 Å². The van der Waals surface area contributed by atoms with Crippen LogP contribution in [0.5, 0.6) is 0 Å². The topological polar surface area (TPSA) is 51.9 Å². The number of H-pyrrole nitrogens is 2. The second-order valence-electron chi connectivity index (χ2n) is 5.07. The molecule has 0 fully saturated rings. The van der Waals surface area contributed by atoms with Crippen LogP contribution < -0.4 is 5.56 Å². The molecule has 0 amide bonds. The van der Waals surface area contributed by atoms with Gasteiger partial charge in [0.05, 0.1) is 0 Å². The Morgan fingerprint density at radius 3 is 2.81 bits per heavy atom. The van der Waals surface area contributed by atoms with Crippen molar-refractivity contribution in [1.29, 1.82) is 0 Å². The number of hydrogen-bond acceptors (Lipinski definition) is 3. The van der Waals surface area contributed by atoms with E-state index in [1.807, 2.05) is 0 Å². The molecule has 1 aliphatic heterocycles. The molecule has 2 aromatic rings. The van der Waals surface area contributed by atoms with Gasteiger partial charge < -0.3 is 4.98 Å². The maximum absolute atomic E-state index is 13.2. The van der Waals surface area contributed by atoms with Crippen molar-refractivity contribution in [1.82, 2.24) is 14.9 Å². The third kappa shape index (κ3) is 2.93. The van der Waals surface area contributed by atoms with Crippen molar-refractivity contribution in [3.05, 3.63) is 61.8 Å². The fraction of sp³-hybridized carbons (Fsp3) is 0.286. The highest BCUT2D eigenvalue weighted by Gasteiger charge is 2.19. The first-order chi connectivity index (χ1) is 10.0. The lowest BCUT2D eigenvalue weighted by Gasteiger charge is -2.27. The molecule has 110 valence electrons.